The third kappa shape index (κ3) is 2.63. The first-order valence-corrected chi connectivity index (χ1v) is 7.23. The number of nitrogens with one attached hydrogen (secondary N) is 1. The Balaban J connectivity index is 1.68. The molecule has 2 heterocycles. The predicted octanol–water partition coefficient (Wildman–Crippen LogP) is 0.827. The zero-order chi connectivity index (χ0) is 13.2. The van der Waals surface area contributed by atoms with Crippen LogP contribution in [0.15, 0.2) is 6.20 Å². The van der Waals surface area contributed by atoms with Crippen LogP contribution in [0.1, 0.15) is 49.1 Å². The molecule has 6 heteroatoms. The van der Waals surface area contributed by atoms with Crippen molar-refractivity contribution in [1.82, 2.24) is 25.2 Å². The van der Waals surface area contributed by atoms with Crippen LogP contribution >= 0.6 is 0 Å². The van der Waals surface area contributed by atoms with E-state index in [9.17, 15) is 4.79 Å². The van der Waals surface area contributed by atoms with Crippen LogP contribution in [0.3, 0.4) is 0 Å². The van der Waals surface area contributed by atoms with Gasteiger partial charge < -0.3 is 10.2 Å². The van der Waals surface area contributed by atoms with E-state index in [0.717, 1.165) is 45.3 Å². The summed E-state index contributed by atoms with van der Waals surface area (Å²) in [6, 6.07) is 0.800. The number of amides is 1. The van der Waals surface area contributed by atoms with E-state index in [1.54, 1.807) is 6.20 Å². The minimum atomic E-state index is 0.0504. The average molecular weight is 263 g/mol. The van der Waals surface area contributed by atoms with Crippen LogP contribution in [0.25, 0.3) is 0 Å². The molecule has 2 aliphatic rings. The summed E-state index contributed by atoms with van der Waals surface area (Å²) in [6.45, 7) is 4.83. The summed E-state index contributed by atoms with van der Waals surface area (Å²) in [6.07, 6.45) is 6.24. The van der Waals surface area contributed by atoms with Gasteiger partial charge in [0, 0.05) is 25.7 Å². The Hall–Kier alpha value is -1.43. The van der Waals surface area contributed by atoms with Gasteiger partial charge in [-0.3, -0.25) is 4.79 Å². The van der Waals surface area contributed by atoms with E-state index in [0.29, 0.717) is 17.8 Å². The molecule has 1 saturated carbocycles. The number of hydrogen-bond acceptors (Lipinski definition) is 4. The van der Waals surface area contributed by atoms with E-state index in [4.69, 9.17) is 0 Å². The van der Waals surface area contributed by atoms with E-state index in [-0.39, 0.29) is 5.91 Å². The maximum Gasteiger partial charge on any atom is 0.276 e. The zero-order valence-corrected chi connectivity index (χ0v) is 11.4. The topological polar surface area (TPSA) is 63.1 Å². The number of carbonyl (C=O) groups is 1. The molecule has 0 radical (unpaired) electrons. The average Bonchev–Trinajstić information content (AvgIpc) is 3.07. The minimum Gasteiger partial charge on any atom is -0.334 e. The number of nitrogens with zero attached hydrogens (tertiary/aromatic N) is 4. The number of hydrogen-bond donors (Lipinski definition) is 1. The molecule has 1 aliphatic carbocycles. The summed E-state index contributed by atoms with van der Waals surface area (Å²) in [5, 5.41) is 11.3. The van der Waals surface area contributed by atoms with Crippen molar-refractivity contribution in [3.05, 3.63) is 11.9 Å². The summed E-state index contributed by atoms with van der Waals surface area (Å²) in [4.78, 5) is 14.5. The highest BCUT2D eigenvalue weighted by Gasteiger charge is 2.34. The first-order chi connectivity index (χ1) is 9.29. The van der Waals surface area contributed by atoms with Crippen molar-refractivity contribution in [3.8, 4) is 0 Å². The molecule has 1 N–H and O–H groups in total. The van der Waals surface area contributed by atoms with Gasteiger partial charge in [0.1, 0.15) is 0 Å². The van der Waals surface area contributed by atoms with E-state index < -0.39 is 0 Å². The van der Waals surface area contributed by atoms with E-state index in [2.05, 4.69) is 22.6 Å². The lowest BCUT2D eigenvalue weighted by Gasteiger charge is -2.26. The van der Waals surface area contributed by atoms with Crippen molar-refractivity contribution < 1.29 is 4.79 Å². The molecular weight excluding hydrogens is 242 g/mol. The smallest absolute Gasteiger partial charge is 0.276 e. The number of aromatic nitrogens is 3. The van der Waals surface area contributed by atoms with Gasteiger partial charge in [-0.2, -0.15) is 0 Å². The van der Waals surface area contributed by atoms with Gasteiger partial charge >= 0.3 is 0 Å². The molecule has 0 atom stereocenters. The molecule has 1 amide bonds. The summed E-state index contributed by atoms with van der Waals surface area (Å²) in [5.41, 5.74) is 0.495. The van der Waals surface area contributed by atoms with Gasteiger partial charge in [-0.05, 0) is 19.3 Å². The summed E-state index contributed by atoms with van der Waals surface area (Å²) in [5.74, 6) is 0.0504. The normalized spacial score (nSPS) is 19.2. The molecular formula is C13H21N5O. The molecule has 1 aromatic rings. The summed E-state index contributed by atoms with van der Waals surface area (Å²) < 4.78 is 1.81. The van der Waals surface area contributed by atoms with E-state index in [1.807, 2.05) is 9.58 Å². The Bertz CT molecular complexity index is 450. The molecule has 2 fully saturated rings. The molecule has 1 aliphatic heterocycles. The standard InChI is InChI=1S/C13H21N5O/c1-2-3-6-17(10-4-5-10)13(19)12-9-18(16-15-12)11-7-14-8-11/h9-11,14H,2-8H2,1H3. The lowest BCUT2D eigenvalue weighted by Crippen LogP contribution is -2.43. The van der Waals surface area contributed by atoms with E-state index >= 15 is 0 Å². The fourth-order valence-electron chi connectivity index (χ4n) is 2.33. The summed E-state index contributed by atoms with van der Waals surface area (Å²) >= 11 is 0. The molecule has 0 unspecified atom stereocenters. The van der Waals surface area contributed by atoms with Crippen molar-refractivity contribution in [3.63, 3.8) is 0 Å². The molecule has 0 spiro atoms. The maximum atomic E-state index is 12.5. The molecule has 1 aromatic heterocycles. The highest BCUT2D eigenvalue weighted by molar-refractivity contribution is 5.92. The zero-order valence-electron chi connectivity index (χ0n) is 11.4. The fraction of sp³-hybridized carbons (Fsp3) is 0.769. The Morgan fingerprint density at radius 3 is 2.89 bits per heavy atom. The van der Waals surface area contributed by atoms with Gasteiger partial charge in [0.25, 0.3) is 5.91 Å². The van der Waals surface area contributed by atoms with Crippen molar-refractivity contribution in [2.75, 3.05) is 19.6 Å². The minimum absolute atomic E-state index is 0.0504. The largest absolute Gasteiger partial charge is 0.334 e. The number of carbonyl (C=O) groups excluding carboxylic acids is 1. The van der Waals surface area contributed by atoms with Gasteiger partial charge in [0.2, 0.25) is 0 Å². The van der Waals surface area contributed by atoms with Gasteiger partial charge in [-0.25, -0.2) is 4.68 Å². The molecule has 104 valence electrons. The lowest BCUT2D eigenvalue weighted by molar-refractivity contribution is 0.0734. The van der Waals surface area contributed by atoms with Crippen LogP contribution in [-0.4, -0.2) is 51.5 Å². The van der Waals surface area contributed by atoms with Crippen LogP contribution in [0.4, 0.5) is 0 Å². The number of unbranched alkanes of at least 4 members (excludes halogenated alkanes) is 1. The quantitative estimate of drug-likeness (QED) is 0.825. The second kappa shape index (κ2) is 5.28. The maximum absolute atomic E-state index is 12.5. The molecule has 3 rings (SSSR count). The SMILES string of the molecule is CCCCN(C(=O)c1cn(C2CNC2)nn1)C1CC1. The Kier molecular flexibility index (Phi) is 3.50. The highest BCUT2D eigenvalue weighted by atomic mass is 16.2. The van der Waals surface area contributed by atoms with E-state index in [1.165, 1.54) is 0 Å². The van der Waals surface area contributed by atoms with Crippen molar-refractivity contribution >= 4 is 5.91 Å². The van der Waals surface area contributed by atoms with Crippen LogP contribution < -0.4 is 5.32 Å². The molecule has 1 saturated heterocycles. The van der Waals surface area contributed by atoms with Crippen LogP contribution in [0, 0.1) is 0 Å². The first kappa shape index (κ1) is 12.6. The second-order valence-corrected chi connectivity index (χ2v) is 5.48. The van der Waals surface area contributed by atoms with Crippen molar-refractivity contribution in [2.24, 2.45) is 0 Å². The van der Waals surface area contributed by atoms with Crippen molar-refractivity contribution in [2.45, 2.75) is 44.7 Å². The predicted molar refractivity (Wildman–Crippen MR) is 70.9 cm³/mol. The molecule has 0 bridgehead atoms. The van der Waals surface area contributed by atoms with Crippen molar-refractivity contribution in [1.29, 1.82) is 0 Å². The first-order valence-electron chi connectivity index (χ1n) is 7.23. The molecule has 6 nitrogen and oxygen atoms in total. The van der Waals surface area contributed by atoms with Gasteiger partial charge in [0.05, 0.1) is 12.2 Å². The fourth-order valence-corrected chi connectivity index (χ4v) is 2.33. The van der Waals surface area contributed by atoms with Gasteiger partial charge in [-0.15, -0.1) is 5.10 Å². The monoisotopic (exact) mass is 263 g/mol. The third-order valence-electron chi connectivity index (χ3n) is 3.86. The second-order valence-electron chi connectivity index (χ2n) is 5.48. The van der Waals surface area contributed by atoms with Crippen LogP contribution in [-0.2, 0) is 0 Å². The number of rotatable bonds is 6. The Morgan fingerprint density at radius 2 is 2.32 bits per heavy atom. The molecule has 0 aromatic carbocycles. The summed E-state index contributed by atoms with van der Waals surface area (Å²) in [7, 11) is 0. The Labute approximate surface area is 113 Å². The lowest BCUT2D eigenvalue weighted by atomic mass is 10.2. The molecule has 19 heavy (non-hydrogen) atoms. The van der Waals surface area contributed by atoms with Gasteiger partial charge in [0.15, 0.2) is 5.69 Å². The van der Waals surface area contributed by atoms with Crippen LogP contribution in [0.5, 0.6) is 0 Å². The van der Waals surface area contributed by atoms with Gasteiger partial charge in [-0.1, -0.05) is 18.6 Å². The Morgan fingerprint density at radius 1 is 1.53 bits per heavy atom. The van der Waals surface area contributed by atoms with Crippen LogP contribution in [0.2, 0.25) is 0 Å². The third-order valence-corrected chi connectivity index (χ3v) is 3.86. The highest BCUT2D eigenvalue weighted by Crippen LogP contribution is 2.28.